The fourth-order valence-corrected chi connectivity index (χ4v) is 12.9. The second-order valence-electron chi connectivity index (χ2n) is 27.2. The lowest BCUT2D eigenvalue weighted by Crippen LogP contribution is -2.47. The number of ether oxygens (including phenoxy) is 3. The molecule has 7 unspecified atom stereocenters. The molecule has 0 fully saturated rings. The van der Waals surface area contributed by atoms with Crippen molar-refractivity contribution in [3.8, 4) is 23.0 Å². The summed E-state index contributed by atoms with van der Waals surface area (Å²) >= 11 is 0. The standard InChI is InChI=1S/C75H124N16O14/c76-30-10-3-17-51(41-66(83)94)85-67(95)42-52(18-4-11-31-77)86-68(96)43-53(19-5-12-32-78)87-69(97)44-54(20-6-13-33-79)88-70(98)45-55(21-7-14-34-80)89-71(99)46-56(22-8-15-35-81)90-72(100)47-57(23-9-16-36-82)91-73(101)50-104-40-39-103-38-37-84-75(102)61-25-2-1-24-60(61)74-62-28-26-58(92)48-64(62)105-65-49-59(93)27-29-63(65)74/h1-2,24-29,48-49,51-57,74,92-93H,3-23,30-47,50,76-82H2,(H2,83,94)(H,84,102)(H,85,95)(H,86,96)(H,87,97)(H,88,98)(H,89,99)(H,90,100)(H,91,101). The van der Waals surface area contributed by atoms with Crippen LogP contribution in [0.3, 0.4) is 0 Å². The van der Waals surface area contributed by atoms with Gasteiger partial charge in [-0.1, -0.05) is 75.3 Å². The van der Waals surface area contributed by atoms with Crippen molar-refractivity contribution in [2.45, 2.75) is 228 Å². The minimum absolute atomic E-state index is 0.00680. The number of hydrogen-bond donors (Lipinski definition) is 18. The summed E-state index contributed by atoms with van der Waals surface area (Å²) in [6.45, 7) is 3.08. The van der Waals surface area contributed by atoms with E-state index < -0.39 is 77.7 Å². The molecule has 1 aliphatic rings. The Morgan fingerprint density at radius 3 is 1.00 bits per heavy atom. The number of amides is 9. The highest BCUT2D eigenvalue weighted by molar-refractivity contribution is 5.96. The minimum Gasteiger partial charge on any atom is -0.508 e. The number of unbranched alkanes of at least 4 members (excludes halogenated alkanes) is 7. The van der Waals surface area contributed by atoms with Gasteiger partial charge in [0.1, 0.15) is 29.6 Å². The van der Waals surface area contributed by atoms with Crippen molar-refractivity contribution in [1.82, 2.24) is 42.5 Å². The quantitative estimate of drug-likeness (QED) is 0.0283. The third-order valence-corrected chi connectivity index (χ3v) is 18.1. The van der Waals surface area contributed by atoms with E-state index in [0.29, 0.717) is 197 Å². The molecule has 4 rings (SSSR count). The molecule has 9 amide bonds. The average Bonchev–Trinajstić information content (AvgIpc) is 0.751. The topological polar surface area (TPSA) is 526 Å². The van der Waals surface area contributed by atoms with Crippen molar-refractivity contribution in [3.05, 3.63) is 82.9 Å². The van der Waals surface area contributed by atoms with Gasteiger partial charge in [0.05, 0.1) is 19.8 Å². The Labute approximate surface area is 619 Å². The van der Waals surface area contributed by atoms with Gasteiger partial charge in [0, 0.05) is 129 Å². The van der Waals surface area contributed by atoms with Crippen molar-refractivity contribution in [3.63, 3.8) is 0 Å². The molecule has 3 aromatic rings. The van der Waals surface area contributed by atoms with Gasteiger partial charge in [0.2, 0.25) is 47.3 Å². The van der Waals surface area contributed by atoms with E-state index in [2.05, 4.69) is 42.5 Å². The van der Waals surface area contributed by atoms with Crippen molar-refractivity contribution in [1.29, 1.82) is 0 Å². The maximum Gasteiger partial charge on any atom is 0.251 e. The predicted molar refractivity (Wildman–Crippen MR) is 403 cm³/mol. The minimum atomic E-state index is -0.630. The van der Waals surface area contributed by atoms with E-state index >= 15 is 0 Å². The second-order valence-corrected chi connectivity index (χ2v) is 27.2. The van der Waals surface area contributed by atoms with Gasteiger partial charge in [-0.05, 0) is 159 Å². The van der Waals surface area contributed by atoms with Crippen LogP contribution in [0.1, 0.15) is 213 Å². The molecular formula is C75H124N16O14. The zero-order chi connectivity index (χ0) is 76.6. The summed E-state index contributed by atoms with van der Waals surface area (Å²) in [6.07, 6.45) is 11.6. The van der Waals surface area contributed by atoms with Gasteiger partial charge in [0.25, 0.3) is 5.91 Å². The Kier molecular flexibility index (Phi) is 44.9. The lowest BCUT2D eigenvalue weighted by atomic mass is 9.80. The fourth-order valence-electron chi connectivity index (χ4n) is 12.9. The van der Waals surface area contributed by atoms with Crippen LogP contribution in [-0.4, -0.2) is 184 Å². The molecule has 1 heterocycles. The molecule has 1 aliphatic heterocycles. The summed E-state index contributed by atoms with van der Waals surface area (Å²) in [6, 6.07) is 12.7. The van der Waals surface area contributed by atoms with Gasteiger partial charge < -0.3 is 113 Å². The summed E-state index contributed by atoms with van der Waals surface area (Å²) in [5.74, 6) is -3.26. The average molecular weight is 1470 g/mol. The van der Waals surface area contributed by atoms with E-state index in [9.17, 15) is 53.4 Å². The molecule has 0 radical (unpaired) electrons. The highest BCUT2D eigenvalue weighted by atomic mass is 16.5. The lowest BCUT2D eigenvalue weighted by molar-refractivity contribution is -0.129. The number of nitrogens with two attached hydrogens (primary N) is 8. The van der Waals surface area contributed by atoms with E-state index in [0.717, 1.165) is 17.5 Å². The van der Waals surface area contributed by atoms with Crippen molar-refractivity contribution in [2.75, 3.05) is 78.8 Å². The van der Waals surface area contributed by atoms with Crippen LogP contribution in [0.5, 0.6) is 23.0 Å². The monoisotopic (exact) mass is 1470 g/mol. The molecule has 0 saturated heterocycles. The molecule has 0 aromatic heterocycles. The van der Waals surface area contributed by atoms with Crippen LogP contribution in [0, 0.1) is 0 Å². The van der Waals surface area contributed by atoms with Crippen molar-refractivity contribution >= 4 is 53.2 Å². The normalized spacial score (nSPS) is 13.8. The maximum atomic E-state index is 14.1. The van der Waals surface area contributed by atoms with Gasteiger partial charge in [-0.25, -0.2) is 0 Å². The molecule has 0 bridgehead atoms. The highest BCUT2D eigenvalue weighted by Gasteiger charge is 2.33. The van der Waals surface area contributed by atoms with Crippen LogP contribution in [0.15, 0.2) is 60.7 Å². The summed E-state index contributed by atoms with van der Waals surface area (Å²) in [5, 5.41) is 44.3. The highest BCUT2D eigenvalue weighted by Crippen LogP contribution is 2.49. The number of nitrogens with one attached hydrogen (secondary N) is 8. The molecule has 26 N–H and O–H groups in total. The number of benzene rings is 3. The van der Waals surface area contributed by atoms with Gasteiger partial charge in [0.15, 0.2) is 0 Å². The van der Waals surface area contributed by atoms with E-state index in [4.69, 9.17) is 60.1 Å². The van der Waals surface area contributed by atoms with E-state index in [-0.39, 0.29) is 113 Å². The molecule has 0 spiro atoms. The molecule has 0 saturated carbocycles. The van der Waals surface area contributed by atoms with E-state index in [1.54, 1.807) is 36.4 Å². The Balaban J connectivity index is 1.31. The first kappa shape index (κ1) is 89.3. The molecule has 588 valence electrons. The smallest absolute Gasteiger partial charge is 0.251 e. The van der Waals surface area contributed by atoms with Gasteiger partial charge >= 0.3 is 0 Å². The lowest BCUT2D eigenvalue weighted by Gasteiger charge is -2.30. The number of fused-ring (bicyclic) bond motifs is 2. The fraction of sp³-hybridized carbons (Fsp3) is 0.640. The number of aromatic hydroxyl groups is 2. The number of phenols is 2. The number of carbonyl (C=O) groups is 9. The van der Waals surface area contributed by atoms with Crippen molar-refractivity contribution in [2.24, 2.45) is 45.9 Å². The van der Waals surface area contributed by atoms with Gasteiger partial charge in [-0.2, -0.15) is 0 Å². The van der Waals surface area contributed by atoms with Gasteiger partial charge in [-0.3, -0.25) is 43.2 Å². The van der Waals surface area contributed by atoms with Crippen LogP contribution in [0.4, 0.5) is 0 Å². The van der Waals surface area contributed by atoms with Crippen LogP contribution < -0.4 is 93.1 Å². The number of carbonyl (C=O) groups excluding carboxylic acids is 9. The molecule has 7 atom stereocenters. The zero-order valence-corrected chi connectivity index (χ0v) is 61.6. The Morgan fingerprint density at radius 1 is 0.371 bits per heavy atom. The SMILES string of the molecule is NCCCCC(CC(N)=O)NC(=O)CC(CCCCN)NC(=O)CC(CCCCN)NC(=O)CC(CCCCN)NC(=O)CC(CCCCN)NC(=O)CC(CCCCN)NC(=O)CC(CCCCN)NC(=O)COCCOCCNC(=O)c1ccccc1C1c2ccc(O)cc2Oc2cc(O)ccc21. The zero-order valence-electron chi connectivity index (χ0n) is 61.6. The third kappa shape index (κ3) is 37.2. The first-order chi connectivity index (χ1) is 50.7. The third-order valence-electron chi connectivity index (χ3n) is 18.1. The summed E-state index contributed by atoms with van der Waals surface area (Å²) in [4.78, 5) is 122. The van der Waals surface area contributed by atoms with Gasteiger partial charge in [-0.15, -0.1) is 0 Å². The van der Waals surface area contributed by atoms with E-state index in [1.807, 2.05) is 12.1 Å². The second kappa shape index (κ2) is 52.8. The van der Waals surface area contributed by atoms with Crippen LogP contribution in [0.25, 0.3) is 0 Å². The molecule has 30 heteroatoms. The number of primary amides is 1. The number of rotatable bonds is 59. The summed E-state index contributed by atoms with van der Waals surface area (Å²) < 4.78 is 17.4. The predicted octanol–water partition coefficient (Wildman–Crippen LogP) is 2.66. The molecule has 105 heavy (non-hydrogen) atoms. The molecule has 0 aliphatic carbocycles. The Bertz CT molecular complexity index is 3040. The molecular weight excluding hydrogens is 1350 g/mol. The summed E-state index contributed by atoms with van der Waals surface area (Å²) in [5.41, 5.74) is 48.8. The van der Waals surface area contributed by atoms with Crippen LogP contribution in [-0.2, 0) is 47.8 Å². The largest absolute Gasteiger partial charge is 0.508 e. The first-order valence-electron chi connectivity index (χ1n) is 37.8. The maximum absolute atomic E-state index is 14.1. The number of hydrogen-bond acceptors (Lipinski definition) is 21. The van der Waals surface area contributed by atoms with Crippen LogP contribution in [0.2, 0.25) is 0 Å². The van der Waals surface area contributed by atoms with Crippen LogP contribution >= 0.6 is 0 Å². The van der Waals surface area contributed by atoms with Crippen molar-refractivity contribution < 1.29 is 67.6 Å². The first-order valence-corrected chi connectivity index (χ1v) is 37.8. The Morgan fingerprint density at radius 2 is 0.676 bits per heavy atom. The molecule has 30 nitrogen and oxygen atoms in total. The van der Waals surface area contributed by atoms with E-state index in [1.165, 1.54) is 12.1 Å². The number of phenolic OH excluding ortho intramolecular Hbond substituents is 2. The molecule has 3 aromatic carbocycles. The Hall–Kier alpha value is -8.07. The summed E-state index contributed by atoms with van der Waals surface area (Å²) in [7, 11) is 0.